The van der Waals surface area contributed by atoms with E-state index in [-0.39, 0.29) is 16.8 Å². The first-order valence-electron chi connectivity index (χ1n) is 7.01. The minimum atomic E-state index is -4.92. The molecule has 0 radical (unpaired) electrons. The molecule has 3 rings (SSSR count). The number of carbonyl (C=O) groups is 1. The quantitative estimate of drug-likeness (QED) is 0.683. The molecule has 3 aromatic rings. The van der Waals surface area contributed by atoms with Crippen LogP contribution in [-0.4, -0.2) is 32.0 Å². The molecule has 2 aromatic heterocycles. The molecule has 0 aliphatic heterocycles. The monoisotopic (exact) mass is 391 g/mol. The number of hydrogen-bond acceptors (Lipinski definition) is 4. The van der Waals surface area contributed by atoms with E-state index in [4.69, 9.17) is 0 Å². The minimum absolute atomic E-state index is 0.0608. The van der Waals surface area contributed by atoms with E-state index in [2.05, 4.69) is 14.9 Å². The molecule has 2 heterocycles. The lowest BCUT2D eigenvalue weighted by molar-refractivity contribution is -0.274. The Kier molecular flexibility index (Phi) is 4.20. The summed E-state index contributed by atoms with van der Waals surface area (Å²) >= 11 is 0. The highest BCUT2D eigenvalue weighted by molar-refractivity contribution is 5.97. The molecular weight excluding hydrogens is 384 g/mol. The number of aromatic carboxylic acids is 1. The molecule has 0 atom stereocenters. The Morgan fingerprint density at radius 2 is 1.67 bits per heavy atom. The zero-order chi connectivity index (χ0) is 20.0. The van der Waals surface area contributed by atoms with Crippen molar-refractivity contribution in [3.8, 4) is 16.9 Å². The van der Waals surface area contributed by atoms with Gasteiger partial charge < -0.3 is 9.84 Å². The summed E-state index contributed by atoms with van der Waals surface area (Å²) in [5.41, 5.74) is -0.849. The molecule has 0 spiro atoms. The summed E-state index contributed by atoms with van der Waals surface area (Å²) in [6.07, 6.45) is -8.90. The van der Waals surface area contributed by atoms with Crippen molar-refractivity contribution in [2.45, 2.75) is 12.5 Å². The Morgan fingerprint density at radius 3 is 2.19 bits per heavy atom. The number of alkyl halides is 6. The summed E-state index contributed by atoms with van der Waals surface area (Å²) in [6.45, 7) is 0. The number of ether oxygens (including phenoxy) is 1. The maximum Gasteiger partial charge on any atom is 0.573 e. The first-order valence-corrected chi connectivity index (χ1v) is 7.01. The third-order valence-electron chi connectivity index (χ3n) is 3.43. The number of hydrogen-bond donors (Lipinski definition) is 1. The average molecular weight is 391 g/mol. The highest BCUT2D eigenvalue weighted by Gasteiger charge is 2.37. The van der Waals surface area contributed by atoms with Crippen molar-refractivity contribution in [3.05, 3.63) is 47.9 Å². The predicted molar refractivity (Wildman–Crippen MR) is 77.1 cm³/mol. The fraction of sp³-hybridized carbons (Fsp3) is 0.133. The van der Waals surface area contributed by atoms with E-state index in [9.17, 15) is 36.2 Å². The summed E-state index contributed by atoms with van der Waals surface area (Å²) in [6, 6.07) is 4.89. The number of rotatable bonds is 3. The molecule has 0 aliphatic carbocycles. The van der Waals surface area contributed by atoms with Crippen molar-refractivity contribution in [1.29, 1.82) is 0 Å². The van der Waals surface area contributed by atoms with E-state index in [1.165, 1.54) is 0 Å². The molecule has 0 bridgehead atoms. The van der Waals surface area contributed by atoms with Crippen molar-refractivity contribution in [3.63, 3.8) is 0 Å². The molecule has 0 aliphatic rings. The molecule has 0 fully saturated rings. The molecule has 1 aromatic carbocycles. The van der Waals surface area contributed by atoms with Crippen molar-refractivity contribution in [2.24, 2.45) is 0 Å². The lowest BCUT2D eigenvalue weighted by Crippen LogP contribution is -2.17. The zero-order valence-electron chi connectivity index (χ0n) is 12.8. The van der Waals surface area contributed by atoms with Gasteiger partial charge in [-0.25, -0.2) is 4.79 Å². The smallest absolute Gasteiger partial charge is 0.478 e. The van der Waals surface area contributed by atoms with Gasteiger partial charge in [0.2, 0.25) is 5.82 Å². The molecular formula is C15H7F6N3O3. The van der Waals surface area contributed by atoms with Crippen LogP contribution in [0.4, 0.5) is 26.3 Å². The third-order valence-corrected chi connectivity index (χ3v) is 3.43. The lowest BCUT2D eigenvalue weighted by Gasteiger charge is -2.11. The molecule has 27 heavy (non-hydrogen) atoms. The van der Waals surface area contributed by atoms with Gasteiger partial charge in [-0.2, -0.15) is 13.2 Å². The van der Waals surface area contributed by atoms with Crippen LogP contribution in [0.15, 0.2) is 36.5 Å². The van der Waals surface area contributed by atoms with Gasteiger partial charge in [0.05, 0.1) is 5.56 Å². The molecule has 0 amide bonds. The number of carboxylic acids is 1. The fourth-order valence-corrected chi connectivity index (χ4v) is 2.37. The van der Waals surface area contributed by atoms with Gasteiger partial charge in [-0.1, -0.05) is 12.1 Å². The summed E-state index contributed by atoms with van der Waals surface area (Å²) in [4.78, 5) is 11.4. The van der Waals surface area contributed by atoms with Crippen LogP contribution in [0.2, 0.25) is 0 Å². The zero-order valence-corrected chi connectivity index (χ0v) is 12.8. The minimum Gasteiger partial charge on any atom is -0.478 e. The van der Waals surface area contributed by atoms with Gasteiger partial charge in [0.25, 0.3) is 0 Å². The Hall–Kier alpha value is -3.31. The van der Waals surface area contributed by atoms with Crippen molar-refractivity contribution < 1.29 is 41.0 Å². The van der Waals surface area contributed by atoms with Crippen molar-refractivity contribution in [1.82, 2.24) is 14.6 Å². The summed E-state index contributed by atoms with van der Waals surface area (Å²) in [5.74, 6) is -3.39. The number of halogens is 6. The van der Waals surface area contributed by atoms with Crippen LogP contribution >= 0.6 is 0 Å². The second kappa shape index (κ2) is 6.14. The van der Waals surface area contributed by atoms with Gasteiger partial charge in [-0.15, -0.1) is 23.4 Å². The SMILES string of the molecule is O=C(O)c1cc2nnc(C(F)(F)F)n2cc1-c1ccc(OC(F)(F)F)cc1. The van der Waals surface area contributed by atoms with E-state index >= 15 is 0 Å². The van der Waals surface area contributed by atoms with Crippen LogP contribution < -0.4 is 4.74 Å². The number of fused-ring (bicyclic) bond motifs is 1. The number of benzene rings is 1. The Labute approximate surface area is 145 Å². The maximum atomic E-state index is 13.0. The van der Waals surface area contributed by atoms with E-state index in [0.717, 1.165) is 36.5 Å². The van der Waals surface area contributed by atoms with E-state index < -0.39 is 35.6 Å². The Bertz CT molecular complexity index is 1010. The second-order valence-electron chi connectivity index (χ2n) is 5.23. The third kappa shape index (κ3) is 3.78. The highest BCUT2D eigenvalue weighted by Crippen LogP contribution is 2.32. The van der Waals surface area contributed by atoms with Crippen molar-refractivity contribution >= 4 is 11.6 Å². The van der Waals surface area contributed by atoms with Crippen molar-refractivity contribution in [2.75, 3.05) is 0 Å². The number of aromatic nitrogens is 3. The number of carboxylic acid groups (broad SMARTS) is 1. The topological polar surface area (TPSA) is 76.7 Å². The van der Waals surface area contributed by atoms with Crippen LogP contribution in [-0.2, 0) is 6.18 Å². The first kappa shape index (κ1) is 18.5. The van der Waals surface area contributed by atoms with Gasteiger partial charge >= 0.3 is 18.5 Å². The summed E-state index contributed by atoms with van der Waals surface area (Å²) < 4.78 is 79.9. The van der Waals surface area contributed by atoms with Crippen LogP contribution in [0.5, 0.6) is 5.75 Å². The Balaban J connectivity index is 2.14. The largest absolute Gasteiger partial charge is 0.573 e. The first-order chi connectivity index (χ1) is 12.5. The molecule has 142 valence electrons. The molecule has 0 saturated heterocycles. The van der Waals surface area contributed by atoms with Gasteiger partial charge in [-0.3, -0.25) is 4.40 Å². The maximum absolute atomic E-state index is 13.0. The molecule has 0 saturated carbocycles. The molecule has 0 unspecified atom stereocenters. The van der Waals surface area contributed by atoms with Gasteiger partial charge in [-0.05, 0) is 23.8 Å². The second-order valence-corrected chi connectivity index (χ2v) is 5.23. The molecule has 6 nitrogen and oxygen atoms in total. The van der Waals surface area contributed by atoms with E-state index in [1.807, 2.05) is 0 Å². The average Bonchev–Trinajstić information content (AvgIpc) is 2.96. The standard InChI is InChI=1S/C15H7F6N3O3/c16-14(17,18)13-23-22-11-5-9(12(25)26)10(6-24(11)13)7-1-3-8(4-2-7)27-15(19,20)21/h1-6H,(H,25,26). The predicted octanol–water partition coefficient (Wildman–Crippen LogP) is 4.01. The fourth-order valence-electron chi connectivity index (χ4n) is 2.37. The van der Waals surface area contributed by atoms with Crippen LogP contribution in [0.25, 0.3) is 16.8 Å². The van der Waals surface area contributed by atoms with Crippen LogP contribution in [0.3, 0.4) is 0 Å². The van der Waals surface area contributed by atoms with Crippen LogP contribution in [0, 0.1) is 0 Å². The summed E-state index contributed by atoms with van der Waals surface area (Å²) in [7, 11) is 0. The number of pyridine rings is 1. The summed E-state index contributed by atoms with van der Waals surface area (Å²) in [5, 5.41) is 15.6. The van der Waals surface area contributed by atoms with Crippen LogP contribution in [0.1, 0.15) is 16.2 Å². The van der Waals surface area contributed by atoms with Gasteiger partial charge in [0, 0.05) is 11.8 Å². The van der Waals surface area contributed by atoms with Gasteiger partial charge in [0.15, 0.2) is 5.65 Å². The molecule has 1 N–H and O–H groups in total. The normalized spacial score (nSPS) is 12.4. The van der Waals surface area contributed by atoms with E-state index in [0.29, 0.717) is 4.40 Å². The Morgan fingerprint density at radius 1 is 1.04 bits per heavy atom. The highest BCUT2D eigenvalue weighted by atomic mass is 19.4. The lowest BCUT2D eigenvalue weighted by atomic mass is 10.0. The van der Waals surface area contributed by atoms with Gasteiger partial charge in [0.1, 0.15) is 5.75 Å². The molecule has 12 heteroatoms. The number of nitrogens with zero attached hydrogens (tertiary/aromatic N) is 3. The van der Waals surface area contributed by atoms with E-state index in [1.54, 1.807) is 0 Å².